The highest BCUT2D eigenvalue weighted by Crippen LogP contribution is 2.76. The van der Waals surface area contributed by atoms with Crippen molar-refractivity contribution in [2.24, 2.45) is 23.2 Å². The van der Waals surface area contributed by atoms with Gasteiger partial charge in [-0.05, 0) is 85.6 Å². The Morgan fingerprint density at radius 1 is 1.13 bits per heavy atom. The Bertz CT molecular complexity index is 858. The molecular weight excluding hydrogens is 400 g/mol. The van der Waals surface area contributed by atoms with Gasteiger partial charge in [0.2, 0.25) is 0 Å². The first-order valence-electron chi connectivity index (χ1n) is 12.9. The highest BCUT2D eigenvalue weighted by molar-refractivity contribution is 6.74. The Balaban J connectivity index is 1.29. The van der Waals surface area contributed by atoms with Crippen LogP contribution in [-0.4, -0.2) is 32.9 Å². The molecule has 6 aliphatic rings. The predicted octanol–water partition coefficient (Wildman–Crippen LogP) is 6.76. The van der Waals surface area contributed by atoms with Gasteiger partial charge in [-0.3, -0.25) is 0 Å². The van der Waals surface area contributed by atoms with E-state index in [0.717, 1.165) is 50.2 Å². The maximum atomic E-state index is 7.31. The molecule has 0 aromatic heterocycles. The molecular formula is C27H42O3Si. The van der Waals surface area contributed by atoms with Crippen LogP contribution in [0.15, 0.2) is 22.8 Å². The van der Waals surface area contributed by atoms with Crippen molar-refractivity contribution in [1.29, 1.82) is 0 Å². The van der Waals surface area contributed by atoms with Gasteiger partial charge in [-0.1, -0.05) is 39.3 Å². The lowest BCUT2D eigenvalue weighted by Crippen LogP contribution is -2.52. The van der Waals surface area contributed by atoms with Crippen LogP contribution in [0.5, 0.6) is 0 Å². The molecule has 1 aliphatic heterocycles. The fourth-order valence-corrected chi connectivity index (χ4v) is 9.71. The molecule has 0 bridgehead atoms. The predicted molar refractivity (Wildman–Crippen MR) is 126 cm³/mol. The van der Waals surface area contributed by atoms with Gasteiger partial charge in [0.05, 0.1) is 18.8 Å². The Morgan fingerprint density at radius 2 is 1.87 bits per heavy atom. The Kier molecular flexibility index (Phi) is 4.34. The van der Waals surface area contributed by atoms with Crippen molar-refractivity contribution in [1.82, 2.24) is 0 Å². The minimum absolute atomic E-state index is 0.166. The molecule has 3 nitrogen and oxygen atoms in total. The molecule has 0 N–H and O–H groups in total. The highest BCUT2D eigenvalue weighted by atomic mass is 28.4. The smallest absolute Gasteiger partial charge is 0.192 e. The van der Waals surface area contributed by atoms with Gasteiger partial charge in [-0.15, -0.1) is 0 Å². The van der Waals surface area contributed by atoms with Crippen molar-refractivity contribution in [3.63, 3.8) is 0 Å². The summed E-state index contributed by atoms with van der Waals surface area (Å²) in [7, 11) is -1.77. The molecule has 5 aliphatic carbocycles. The van der Waals surface area contributed by atoms with E-state index in [1.54, 1.807) is 16.7 Å². The standard InChI is InChI=1S/C27H42O3Si/c1-24(2,3)31(5,6)30-27-17-19(27)15-23-22-8-7-18-16-26(28-13-14-29-26)12-10-20(18)21(22)9-11-25(23,27)4/h9,19,22-23H,7-8,10-17H2,1-6H3/t19-,22+,23-,25-,27?/m0/s1. The maximum Gasteiger partial charge on any atom is 0.192 e. The lowest BCUT2D eigenvalue weighted by Gasteiger charge is -2.52. The number of fused-ring (bicyclic) bond motifs is 6. The zero-order chi connectivity index (χ0) is 21.9. The number of hydrogen-bond acceptors (Lipinski definition) is 3. The number of rotatable bonds is 2. The van der Waals surface area contributed by atoms with E-state index in [1.165, 1.54) is 32.1 Å². The van der Waals surface area contributed by atoms with Crippen molar-refractivity contribution in [3.05, 3.63) is 22.8 Å². The molecule has 3 fully saturated rings. The summed E-state index contributed by atoms with van der Waals surface area (Å²) >= 11 is 0. The van der Waals surface area contributed by atoms with E-state index < -0.39 is 8.32 Å². The van der Waals surface area contributed by atoms with Gasteiger partial charge < -0.3 is 13.9 Å². The first-order valence-corrected chi connectivity index (χ1v) is 15.8. The normalized spacial score (nSPS) is 43.3. The molecule has 1 saturated heterocycles. The van der Waals surface area contributed by atoms with E-state index in [1.807, 2.05) is 0 Å². The number of ether oxygens (including phenoxy) is 2. The molecule has 0 aromatic carbocycles. The van der Waals surface area contributed by atoms with Gasteiger partial charge in [-0.25, -0.2) is 0 Å². The number of allylic oxidation sites excluding steroid dienone is 3. The largest absolute Gasteiger partial charge is 0.410 e. The van der Waals surface area contributed by atoms with E-state index in [0.29, 0.717) is 5.41 Å². The summed E-state index contributed by atoms with van der Waals surface area (Å²) < 4.78 is 19.5. The molecule has 4 heteroatoms. The molecule has 0 amide bonds. The van der Waals surface area contributed by atoms with E-state index in [9.17, 15) is 0 Å². The van der Waals surface area contributed by atoms with Crippen molar-refractivity contribution < 1.29 is 13.9 Å². The van der Waals surface area contributed by atoms with Crippen LogP contribution < -0.4 is 0 Å². The van der Waals surface area contributed by atoms with Crippen LogP contribution in [0.2, 0.25) is 18.1 Å². The van der Waals surface area contributed by atoms with Crippen molar-refractivity contribution in [2.75, 3.05) is 13.2 Å². The summed E-state index contributed by atoms with van der Waals surface area (Å²) in [5, 5.41) is 0.284. The van der Waals surface area contributed by atoms with Gasteiger partial charge in [0, 0.05) is 18.3 Å². The first-order chi connectivity index (χ1) is 14.5. The molecule has 1 unspecified atom stereocenters. The third-order valence-corrected chi connectivity index (χ3v) is 15.3. The second-order valence-electron chi connectivity index (χ2n) is 13.3. The van der Waals surface area contributed by atoms with E-state index in [4.69, 9.17) is 13.9 Å². The summed E-state index contributed by atoms with van der Waals surface area (Å²) in [4.78, 5) is 0. The molecule has 1 spiro atoms. The second kappa shape index (κ2) is 6.37. The lowest BCUT2D eigenvalue weighted by molar-refractivity contribution is -0.164. The monoisotopic (exact) mass is 442 g/mol. The number of hydrogen-bond donors (Lipinski definition) is 0. The average molecular weight is 443 g/mol. The third-order valence-electron chi connectivity index (χ3n) is 10.8. The van der Waals surface area contributed by atoms with Gasteiger partial charge in [0.25, 0.3) is 0 Å². The summed E-state index contributed by atoms with van der Waals surface area (Å²) in [5.41, 5.74) is 5.56. The lowest BCUT2D eigenvalue weighted by atomic mass is 9.56. The van der Waals surface area contributed by atoms with Crippen LogP contribution in [0.25, 0.3) is 0 Å². The molecule has 31 heavy (non-hydrogen) atoms. The van der Waals surface area contributed by atoms with E-state index in [-0.39, 0.29) is 16.4 Å². The quantitative estimate of drug-likeness (QED) is 0.442. The Morgan fingerprint density at radius 3 is 2.58 bits per heavy atom. The average Bonchev–Trinajstić information content (AvgIpc) is 3.08. The van der Waals surface area contributed by atoms with Crippen molar-refractivity contribution >= 4 is 8.32 Å². The minimum atomic E-state index is -1.77. The molecule has 2 saturated carbocycles. The SMILES string of the molecule is CC(C)(C)[Si](C)(C)OC12C[C@@H]1C[C@H]1[C@@H]3CCC4=C(CCC5(C4)OCCO5)C3=CC[C@@]12C. The fraction of sp³-hybridized carbons (Fsp3) is 0.852. The third kappa shape index (κ3) is 2.80. The van der Waals surface area contributed by atoms with Crippen molar-refractivity contribution in [2.45, 2.75) is 109 Å². The molecule has 0 radical (unpaired) electrons. The minimum Gasteiger partial charge on any atom is -0.410 e. The summed E-state index contributed by atoms with van der Waals surface area (Å²) in [6, 6.07) is 0. The van der Waals surface area contributed by atoms with Crippen LogP contribution in [-0.2, 0) is 13.9 Å². The van der Waals surface area contributed by atoms with Gasteiger partial charge in [0.15, 0.2) is 14.1 Å². The topological polar surface area (TPSA) is 27.7 Å². The molecule has 0 aromatic rings. The maximum absolute atomic E-state index is 7.31. The van der Waals surface area contributed by atoms with Gasteiger partial charge in [-0.2, -0.15) is 0 Å². The molecule has 172 valence electrons. The summed E-state index contributed by atoms with van der Waals surface area (Å²) in [6.07, 6.45) is 12.4. The summed E-state index contributed by atoms with van der Waals surface area (Å²) in [5.74, 6) is 2.07. The molecule has 6 rings (SSSR count). The molecule has 1 heterocycles. The summed E-state index contributed by atoms with van der Waals surface area (Å²) in [6.45, 7) is 16.2. The van der Waals surface area contributed by atoms with Crippen LogP contribution >= 0.6 is 0 Å². The second-order valence-corrected chi connectivity index (χ2v) is 18.0. The van der Waals surface area contributed by atoms with Crippen LogP contribution in [0.3, 0.4) is 0 Å². The van der Waals surface area contributed by atoms with E-state index in [2.05, 4.69) is 46.9 Å². The fourth-order valence-electron chi connectivity index (χ4n) is 8.01. The van der Waals surface area contributed by atoms with Crippen LogP contribution in [0.4, 0.5) is 0 Å². The van der Waals surface area contributed by atoms with Gasteiger partial charge in [0.1, 0.15) is 0 Å². The van der Waals surface area contributed by atoms with Crippen molar-refractivity contribution in [3.8, 4) is 0 Å². The van der Waals surface area contributed by atoms with E-state index >= 15 is 0 Å². The first kappa shape index (κ1) is 21.1. The zero-order valence-electron chi connectivity index (χ0n) is 20.6. The Hall–Kier alpha value is -0.423. The van der Waals surface area contributed by atoms with Gasteiger partial charge >= 0.3 is 0 Å². The molecule has 5 atom stereocenters. The Labute approximate surface area is 190 Å². The van der Waals surface area contributed by atoms with Crippen LogP contribution in [0, 0.1) is 23.2 Å². The highest BCUT2D eigenvalue weighted by Gasteiger charge is 2.75. The van der Waals surface area contributed by atoms with Crippen LogP contribution in [0.1, 0.15) is 79.1 Å². The zero-order valence-corrected chi connectivity index (χ0v) is 21.6.